The van der Waals surface area contributed by atoms with Crippen molar-refractivity contribution >= 4 is 17.5 Å². The lowest BCUT2D eigenvalue weighted by Gasteiger charge is -2.27. The highest BCUT2D eigenvalue weighted by molar-refractivity contribution is 6.31. The van der Waals surface area contributed by atoms with Crippen LogP contribution in [0.3, 0.4) is 0 Å². The van der Waals surface area contributed by atoms with Crippen molar-refractivity contribution in [3.63, 3.8) is 0 Å². The Labute approximate surface area is 217 Å². The van der Waals surface area contributed by atoms with Crippen LogP contribution in [-0.2, 0) is 13.0 Å². The van der Waals surface area contributed by atoms with Gasteiger partial charge in [-0.25, -0.2) is 4.98 Å². The Morgan fingerprint density at radius 2 is 1.76 bits per heavy atom. The summed E-state index contributed by atoms with van der Waals surface area (Å²) in [5, 5.41) is 10.2. The van der Waals surface area contributed by atoms with Gasteiger partial charge in [-0.3, -0.25) is 0 Å². The van der Waals surface area contributed by atoms with E-state index in [1.807, 2.05) is 6.92 Å². The predicted molar refractivity (Wildman–Crippen MR) is 124 cm³/mol. The number of benzene rings is 2. The summed E-state index contributed by atoms with van der Waals surface area (Å²) >= 11 is 6.10. The van der Waals surface area contributed by atoms with E-state index >= 15 is 0 Å². The summed E-state index contributed by atoms with van der Waals surface area (Å²) in [6.07, 6.45) is -14.9. The number of ether oxygens (including phenoxy) is 2. The van der Waals surface area contributed by atoms with Gasteiger partial charge in [-0.05, 0) is 47.9 Å². The van der Waals surface area contributed by atoms with Crippen LogP contribution in [0.1, 0.15) is 18.1 Å². The van der Waals surface area contributed by atoms with E-state index in [2.05, 4.69) is 14.7 Å². The minimum Gasteiger partial charge on any atom is -0.439 e. The van der Waals surface area contributed by atoms with Gasteiger partial charge in [0.25, 0.3) is 0 Å². The molecule has 0 amide bonds. The standard InChI is InChI=1S/C24H21ClF7N3O3/c1-2-15-11-16(6-7-18(15)25)37-20-8-9-33-22(34-20)35(13-19(36)23(28,29)30)12-14-4-3-5-17(10-14)38-24(31,32)21(26)27/h3-11,19,21,36H,2,12-13H2,1H3. The second-order valence-electron chi connectivity index (χ2n) is 7.95. The van der Waals surface area contributed by atoms with Crippen LogP contribution in [-0.4, -0.2) is 46.4 Å². The molecule has 0 bridgehead atoms. The molecule has 1 atom stereocenters. The number of hydrogen-bond acceptors (Lipinski definition) is 6. The molecule has 6 nitrogen and oxygen atoms in total. The van der Waals surface area contributed by atoms with Gasteiger partial charge in [0, 0.05) is 23.8 Å². The van der Waals surface area contributed by atoms with E-state index in [-0.39, 0.29) is 17.4 Å². The van der Waals surface area contributed by atoms with Gasteiger partial charge in [0.05, 0.1) is 6.54 Å². The molecule has 0 radical (unpaired) electrons. The molecule has 1 unspecified atom stereocenters. The minimum atomic E-state index is -4.99. The Hall–Kier alpha value is -3.32. The average Bonchev–Trinajstić information content (AvgIpc) is 2.84. The topological polar surface area (TPSA) is 67.7 Å². The van der Waals surface area contributed by atoms with Gasteiger partial charge in [-0.15, -0.1) is 0 Å². The molecule has 206 valence electrons. The lowest BCUT2D eigenvalue weighted by atomic mass is 10.1. The van der Waals surface area contributed by atoms with Crippen LogP contribution in [0.15, 0.2) is 54.7 Å². The molecule has 14 heteroatoms. The maximum atomic E-state index is 13.3. The van der Waals surface area contributed by atoms with Crippen molar-refractivity contribution in [1.29, 1.82) is 0 Å². The van der Waals surface area contributed by atoms with Crippen LogP contribution < -0.4 is 14.4 Å². The Kier molecular flexibility index (Phi) is 9.26. The molecule has 1 heterocycles. The maximum absolute atomic E-state index is 13.3. The van der Waals surface area contributed by atoms with Crippen molar-refractivity contribution in [3.8, 4) is 17.4 Å². The van der Waals surface area contributed by atoms with Crippen molar-refractivity contribution in [3.05, 3.63) is 70.9 Å². The van der Waals surface area contributed by atoms with Crippen LogP contribution in [0.25, 0.3) is 0 Å². The number of halogens is 8. The molecule has 0 saturated carbocycles. The fourth-order valence-corrected chi connectivity index (χ4v) is 3.46. The van der Waals surface area contributed by atoms with Gasteiger partial charge in [-0.1, -0.05) is 30.7 Å². The van der Waals surface area contributed by atoms with E-state index in [1.165, 1.54) is 24.4 Å². The molecule has 2 aromatic carbocycles. The van der Waals surface area contributed by atoms with E-state index in [9.17, 15) is 35.8 Å². The second-order valence-corrected chi connectivity index (χ2v) is 8.36. The summed E-state index contributed by atoms with van der Waals surface area (Å²) in [5.74, 6) is -0.626. The zero-order valence-corrected chi connectivity index (χ0v) is 20.4. The summed E-state index contributed by atoms with van der Waals surface area (Å²) in [5.41, 5.74) is 0.870. The zero-order valence-electron chi connectivity index (χ0n) is 19.6. The fourth-order valence-electron chi connectivity index (χ4n) is 3.21. The van der Waals surface area contributed by atoms with Crippen LogP contribution in [0.4, 0.5) is 36.7 Å². The van der Waals surface area contributed by atoms with Gasteiger partial charge in [0.1, 0.15) is 11.5 Å². The van der Waals surface area contributed by atoms with Crippen LogP contribution in [0.2, 0.25) is 5.02 Å². The predicted octanol–water partition coefficient (Wildman–Crippen LogP) is 6.65. The molecule has 3 rings (SSSR count). The van der Waals surface area contributed by atoms with Crippen LogP contribution in [0, 0.1) is 0 Å². The minimum absolute atomic E-state index is 0.0421. The largest absolute Gasteiger partial charge is 0.461 e. The molecule has 38 heavy (non-hydrogen) atoms. The smallest absolute Gasteiger partial charge is 0.439 e. The van der Waals surface area contributed by atoms with Crippen LogP contribution in [0.5, 0.6) is 17.4 Å². The second kappa shape index (κ2) is 12.0. The highest BCUT2D eigenvalue weighted by Crippen LogP contribution is 2.30. The molecule has 0 aliphatic rings. The highest BCUT2D eigenvalue weighted by atomic mass is 35.5. The molecule has 0 saturated heterocycles. The lowest BCUT2D eigenvalue weighted by Crippen LogP contribution is -2.41. The molecule has 1 aromatic heterocycles. The molecule has 3 aromatic rings. The number of nitrogens with zero attached hydrogens (tertiary/aromatic N) is 3. The fraction of sp³-hybridized carbons (Fsp3) is 0.333. The number of alkyl halides is 7. The monoisotopic (exact) mass is 567 g/mol. The van der Waals surface area contributed by atoms with E-state index in [1.54, 1.807) is 18.2 Å². The third-order valence-corrected chi connectivity index (χ3v) is 5.44. The SMILES string of the molecule is CCc1cc(Oc2ccnc(N(Cc3cccc(OC(F)(F)C(F)F)c3)CC(O)C(F)(F)F)n2)ccc1Cl. The number of aliphatic hydroxyl groups is 1. The van der Waals surface area contributed by atoms with Crippen molar-refractivity contribution in [2.75, 3.05) is 11.4 Å². The first-order valence-electron chi connectivity index (χ1n) is 11.0. The molecule has 0 fully saturated rings. The van der Waals surface area contributed by atoms with Crippen molar-refractivity contribution in [2.24, 2.45) is 0 Å². The Balaban J connectivity index is 1.89. The summed E-state index contributed by atoms with van der Waals surface area (Å²) in [4.78, 5) is 8.99. The highest BCUT2D eigenvalue weighted by Gasteiger charge is 2.44. The Bertz CT molecular complexity index is 1230. The van der Waals surface area contributed by atoms with E-state index in [0.29, 0.717) is 17.2 Å². The Morgan fingerprint density at radius 3 is 2.42 bits per heavy atom. The van der Waals surface area contributed by atoms with E-state index in [4.69, 9.17) is 16.3 Å². The van der Waals surface area contributed by atoms with Gasteiger partial charge >= 0.3 is 18.7 Å². The third kappa shape index (κ3) is 7.84. The molecule has 1 N–H and O–H groups in total. The number of anilines is 1. The summed E-state index contributed by atoms with van der Waals surface area (Å²) in [6, 6.07) is 10.6. The molecular weight excluding hydrogens is 547 g/mol. The van der Waals surface area contributed by atoms with E-state index < -0.39 is 43.7 Å². The molecule has 0 aliphatic heterocycles. The van der Waals surface area contributed by atoms with Crippen molar-refractivity contribution < 1.29 is 45.3 Å². The Morgan fingerprint density at radius 1 is 1.03 bits per heavy atom. The van der Waals surface area contributed by atoms with Gasteiger partial charge in [0.2, 0.25) is 11.8 Å². The summed E-state index contributed by atoms with van der Waals surface area (Å²) in [7, 11) is 0. The van der Waals surface area contributed by atoms with Gasteiger partial charge < -0.3 is 19.5 Å². The first-order chi connectivity index (χ1) is 17.8. The van der Waals surface area contributed by atoms with Gasteiger partial charge in [0.15, 0.2) is 6.10 Å². The van der Waals surface area contributed by atoms with Crippen molar-refractivity contribution in [2.45, 2.75) is 44.7 Å². The number of aromatic nitrogens is 2. The first kappa shape index (κ1) is 29.2. The molecule has 0 spiro atoms. The van der Waals surface area contributed by atoms with Crippen molar-refractivity contribution in [1.82, 2.24) is 9.97 Å². The normalized spacial score (nSPS) is 12.9. The number of rotatable bonds is 11. The lowest BCUT2D eigenvalue weighted by molar-refractivity contribution is -0.253. The van der Waals surface area contributed by atoms with E-state index in [0.717, 1.165) is 22.6 Å². The summed E-state index contributed by atoms with van der Waals surface area (Å²) < 4.78 is 101. The quantitative estimate of drug-likeness (QED) is 0.262. The van der Waals surface area contributed by atoms with Crippen LogP contribution >= 0.6 is 11.6 Å². The molecule has 0 aliphatic carbocycles. The zero-order chi connectivity index (χ0) is 28.1. The first-order valence-corrected chi connectivity index (χ1v) is 11.4. The number of aliphatic hydroxyl groups excluding tert-OH is 1. The molecular formula is C24H21ClF7N3O3. The third-order valence-electron chi connectivity index (χ3n) is 5.07. The average molecular weight is 568 g/mol. The van der Waals surface area contributed by atoms with Gasteiger partial charge in [-0.2, -0.15) is 35.7 Å². The number of hydrogen-bond donors (Lipinski definition) is 1. The maximum Gasteiger partial charge on any atom is 0.461 e. The summed E-state index contributed by atoms with van der Waals surface area (Å²) in [6.45, 7) is 0.410. The number of aryl methyl sites for hydroxylation is 1.